The Labute approximate surface area is 163 Å². The largest absolute Gasteiger partial charge is 0.379 e. The normalized spacial score (nSPS) is 23.1. The molecule has 0 N–H and O–H groups in total. The average molecular weight is 382 g/mol. The van der Waals surface area contributed by atoms with Crippen molar-refractivity contribution >= 4 is 22.9 Å². The molecule has 27 heavy (non-hydrogen) atoms. The number of rotatable bonds is 2. The molecule has 2 aliphatic rings. The molecule has 2 saturated heterocycles. The summed E-state index contributed by atoms with van der Waals surface area (Å²) in [6.07, 6.45) is 2.04. The number of amides is 1. The Morgan fingerprint density at radius 3 is 3.00 bits per heavy atom. The molecule has 3 heterocycles. The Bertz CT molecular complexity index is 845. The lowest BCUT2D eigenvalue weighted by atomic mass is 9.79. The van der Waals surface area contributed by atoms with Crippen molar-refractivity contribution in [2.75, 3.05) is 44.3 Å². The third kappa shape index (κ3) is 3.85. The Morgan fingerprint density at radius 1 is 1.26 bits per heavy atom. The first kappa shape index (κ1) is 18.0. The monoisotopic (exact) mass is 381 g/mol. The molecular weight excluding hydrogens is 358 g/mol. The van der Waals surface area contributed by atoms with Crippen LogP contribution in [0.4, 0.5) is 5.69 Å². The summed E-state index contributed by atoms with van der Waals surface area (Å²) in [6.45, 7) is 4.51. The van der Waals surface area contributed by atoms with Gasteiger partial charge in [0.1, 0.15) is 0 Å². The van der Waals surface area contributed by atoms with Crippen molar-refractivity contribution in [3.8, 4) is 6.07 Å². The quantitative estimate of drug-likeness (QED) is 0.800. The number of anilines is 1. The minimum atomic E-state index is -0.0664. The number of hydrogen-bond donors (Lipinski definition) is 0. The SMILES string of the molecule is N#Cc1cccc(N2CCOCC3(CCCN(C(=O)c4ccsc4)C3)C2)c1. The van der Waals surface area contributed by atoms with E-state index in [1.807, 2.05) is 39.9 Å². The zero-order valence-electron chi connectivity index (χ0n) is 15.3. The maximum absolute atomic E-state index is 12.8. The molecule has 1 unspecified atom stereocenters. The first-order chi connectivity index (χ1) is 13.2. The van der Waals surface area contributed by atoms with Gasteiger partial charge in [-0.25, -0.2) is 0 Å². The standard InChI is InChI=1S/C21H23N3O2S/c22-12-17-3-1-4-19(11-17)23-8-9-26-16-21(14-23)6-2-7-24(15-21)20(25)18-5-10-27-13-18/h1,3-5,10-11,13H,2,6-9,14-16H2. The van der Waals surface area contributed by atoms with E-state index in [0.717, 1.165) is 50.3 Å². The van der Waals surface area contributed by atoms with Crippen LogP contribution in [-0.2, 0) is 4.74 Å². The van der Waals surface area contributed by atoms with Gasteiger partial charge in [-0.15, -0.1) is 0 Å². The molecule has 0 radical (unpaired) electrons. The molecule has 6 heteroatoms. The van der Waals surface area contributed by atoms with Gasteiger partial charge in [0.25, 0.3) is 5.91 Å². The molecule has 1 aromatic heterocycles. The molecule has 4 rings (SSSR count). The number of likely N-dealkylation sites (tertiary alicyclic amines) is 1. The predicted octanol–water partition coefficient (Wildman–Crippen LogP) is 3.38. The molecule has 5 nitrogen and oxygen atoms in total. The number of nitriles is 1. The van der Waals surface area contributed by atoms with Crippen molar-refractivity contribution in [3.63, 3.8) is 0 Å². The summed E-state index contributed by atoms with van der Waals surface area (Å²) in [5, 5.41) is 13.1. The molecular formula is C21H23N3O2S. The highest BCUT2D eigenvalue weighted by molar-refractivity contribution is 7.08. The van der Waals surface area contributed by atoms with Crippen molar-refractivity contribution < 1.29 is 9.53 Å². The number of ether oxygens (including phenoxy) is 1. The first-order valence-electron chi connectivity index (χ1n) is 9.33. The third-order valence-corrected chi connectivity index (χ3v) is 6.18. The molecule has 1 amide bonds. The molecule has 2 aromatic rings. The van der Waals surface area contributed by atoms with Gasteiger partial charge in [0.05, 0.1) is 30.4 Å². The molecule has 0 saturated carbocycles. The summed E-state index contributed by atoms with van der Waals surface area (Å²) < 4.78 is 5.97. The number of hydrogen-bond acceptors (Lipinski definition) is 5. The molecule has 2 fully saturated rings. The van der Waals surface area contributed by atoms with Crippen LogP contribution in [0.1, 0.15) is 28.8 Å². The second kappa shape index (κ2) is 7.71. The fourth-order valence-electron chi connectivity index (χ4n) is 4.18. The summed E-state index contributed by atoms with van der Waals surface area (Å²) in [5.41, 5.74) is 2.44. The van der Waals surface area contributed by atoms with E-state index < -0.39 is 0 Å². The van der Waals surface area contributed by atoms with Crippen LogP contribution in [-0.4, -0.2) is 50.2 Å². The summed E-state index contributed by atoms with van der Waals surface area (Å²) >= 11 is 1.56. The van der Waals surface area contributed by atoms with E-state index in [1.165, 1.54) is 0 Å². The lowest BCUT2D eigenvalue weighted by Crippen LogP contribution is -2.52. The second-order valence-electron chi connectivity index (χ2n) is 7.48. The number of piperidine rings is 1. The molecule has 2 aliphatic heterocycles. The van der Waals surface area contributed by atoms with Gasteiger partial charge in [0.2, 0.25) is 0 Å². The summed E-state index contributed by atoms with van der Waals surface area (Å²) in [7, 11) is 0. The summed E-state index contributed by atoms with van der Waals surface area (Å²) in [4.78, 5) is 17.2. The fraction of sp³-hybridized carbons (Fsp3) is 0.429. The van der Waals surface area contributed by atoms with Crippen molar-refractivity contribution in [2.24, 2.45) is 5.41 Å². The predicted molar refractivity (Wildman–Crippen MR) is 106 cm³/mol. The van der Waals surface area contributed by atoms with Gasteiger partial charge in [-0.3, -0.25) is 4.79 Å². The van der Waals surface area contributed by atoms with Gasteiger partial charge < -0.3 is 14.5 Å². The topological polar surface area (TPSA) is 56.6 Å². The highest BCUT2D eigenvalue weighted by Gasteiger charge is 2.40. The van der Waals surface area contributed by atoms with Crippen molar-refractivity contribution in [3.05, 3.63) is 52.2 Å². The Balaban J connectivity index is 1.55. The summed E-state index contributed by atoms with van der Waals surface area (Å²) in [5.74, 6) is 0.123. The van der Waals surface area contributed by atoms with E-state index in [-0.39, 0.29) is 11.3 Å². The van der Waals surface area contributed by atoms with Crippen LogP contribution in [0.3, 0.4) is 0 Å². The lowest BCUT2D eigenvalue weighted by Gasteiger charge is -2.44. The van der Waals surface area contributed by atoms with E-state index in [1.54, 1.807) is 11.3 Å². The Kier molecular flexibility index (Phi) is 5.15. The summed E-state index contributed by atoms with van der Waals surface area (Å²) in [6, 6.07) is 11.9. The Hall–Kier alpha value is -2.36. The van der Waals surface area contributed by atoms with E-state index in [4.69, 9.17) is 4.74 Å². The van der Waals surface area contributed by atoms with Crippen molar-refractivity contribution in [1.29, 1.82) is 5.26 Å². The smallest absolute Gasteiger partial charge is 0.254 e. The van der Waals surface area contributed by atoms with Crippen LogP contribution in [0.15, 0.2) is 41.1 Å². The zero-order chi connectivity index (χ0) is 18.7. The molecule has 140 valence electrons. The van der Waals surface area contributed by atoms with Crippen LogP contribution in [0, 0.1) is 16.7 Å². The van der Waals surface area contributed by atoms with Gasteiger partial charge in [-0.2, -0.15) is 16.6 Å². The zero-order valence-corrected chi connectivity index (χ0v) is 16.1. The number of nitrogens with zero attached hydrogens (tertiary/aromatic N) is 3. The molecule has 1 atom stereocenters. The molecule has 1 aromatic carbocycles. The molecule has 0 bridgehead atoms. The van der Waals surface area contributed by atoms with Gasteiger partial charge in [0, 0.05) is 42.7 Å². The number of carbonyl (C=O) groups is 1. The van der Waals surface area contributed by atoms with E-state index >= 15 is 0 Å². The van der Waals surface area contributed by atoms with Gasteiger partial charge >= 0.3 is 0 Å². The molecule has 1 spiro atoms. The first-order valence-corrected chi connectivity index (χ1v) is 10.3. The minimum Gasteiger partial charge on any atom is -0.379 e. The average Bonchev–Trinajstić information content (AvgIpc) is 3.17. The van der Waals surface area contributed by atoms with Crippen LogP contribution < -0.4 is 4.90 Å². The molecule has 0 aliphatic carbocycles. The van der Waals surface area contributed by atoms with E-state index in [9.17, 15) is 10.1 Å². The highest BCUT2D eigenvalue weighted by Crippen LogP contribution is 2.35. The van der Waals surface area contributed by atoms with Crippen LogP contribution in [0.5, 0.6) is 0 Å². The lowest BCUT2D eigenvalue weighted by molar-refractivity contribution is 0.0135. The minimum absolute atomic E-state index is 0.0664. The Morgan fingerprint density at radius 2 is 2.19 bits per heavy atom. The van der Waals surface area contributed by atoms with Crippen LogP contribution in [0.25, 0.3) is 0 Å². The maximum Gasteiger partial charge on any atom is 0.254 e. The van der Waals surface area contributed by atoms with E-state index in [2.05, 4.69) is 17.0 Å². The van der Waals surface area contributed by atoms with Gasteiger partial charge in [-0.05, 0) is 42.5 Å². The number of thiophene rings is 1. The van der Waals surface area contributed by atoms with E-state index in [0.29, 0.717) is 18.8 Å². The highest BCUT2D eigenvalue weighted by atomic mass is 32.1. The fourth-order valence-corrected chi connectivity index (χ4v) is 4.81. The van der Waals surface area contributed by atoms with Gasteiger partial charge in [0.15, 0.2) is 0 Å². The number of carbonyl (C=O) groups excluding carboxylic acids is 1. The number of benzene rings is 1. The van der Waals surface area contributed by atoms with Crippen molar-refractivity contribution in [1.82, 2.24) is 4.90 Å². The van der Waals surface area contributed by atoms with Gasteiger partial charge in [-0.1, -0.05) is 6.07 Å². The van der Waals surface area contributed by atoms with Crippen molar-refractivity contribution in [2.45, 2.75) is 12.8 Å². The maximum atomic E-state index is 12.8. The second-order valence-corrected chi connectivity index (χ2v) is 8.26. The van der Waals surface area contributed by atoms with Crippen LogP contribution >= 0.6 is 11.3 Å². The third-order valence-electron chi connectivity index (χ3n) is 5.50. The van der Waals surface area contributed by atoms with Crippen LogP contribution in [0.2, 0.25) is 0 Å².